The summed E-state index contributed by atoms with van der Waals surface area (Å²) in [5, 5.41) is 8.45. The van der Waals surface area contributed by atoms with Crippen molar-refractivity contribution >= 4 is 16.8 Å². The van der Waals surface area contributed by atoms with E-state index in [9.17, 15) is 0 Å². The van der Waals surface area contributed by atoms with Gasteiger partial charge in [0.15, 0.2) is 0 Å². The Bertz CT molecular complexity index is 345. The predicted octanol–water partition coefficient (Wildman–Crippen LogP) is 2.50. The van der Waals surface area contributed by atoms with Crippen molar-refractivity contribution in [1.82, 2.24) is 9.99 Å². The number of hydrogen-bond donors (Lipinski definition) is 1. The molecule has 0 amide bonds. The zero-order chi connectivity index (χ0) is 10.8. The molecule has 1 aromatic rings. The quantitative estimate of drug-likeness (QED) is 0.835. The van der Waals surface area contributed by atoms with E-state index < -0.39 is 0 Å². The van der Waals surface area contributed by atoms with E-state index in [-0.39, 0.29) is 0 Å². The molecule has 1 aromatic heterocycles. The number of H-pyrrole nitrogens is 1. The highest BCUT2D eigenvalue weighted by Gasteiger charge is 2.22. The molecule has 82 valence electrons. The van der Waals surface area contributed by atoms with Gasteiger partial charge in [0.25, 0.3) is 0 Å². The van der Waals surface area contributed by atoms with Gasteiger partial charge in [-0.25, -0.2) is 0 Å². The number of nitrogens with one attached hydrogen (secondary N) is 1. The lowest BCUT2D eigenvalue weighted by molar-refractivity contribution is 0.355. The summed E-state index contributed by atoms with van der Waals surface area (Å²) in [7, 11) is 2.04. The number of aromatic amines is 1. The summed E-state index contributed by atoms with van der Waals surface area (Å²) in [6.07, 6.45) is 1.97. The molecule has 0 bridgehead atoms. The van der Waals surface area contributed by atoms with E-state index in [2.05, 4.69) is 30.0 Å². The van der Waals surface area contributed by atoms with Crippen LogP contribution >= 0.6 is 11.8 Å². The number of hydrazone groups is 1. The topological polar surface area (TPSA) is 31.4 Å². The van der Waals surface area contributed by atoms with Gasteiger partial charge in [-0.2, -0.15) is 5.10 Å². The van der Waals surface area contributed by atoms with E-state index in [0.717, 1.165) is 6.54 Å². The maximum atomic E-state index is 4.58. The van der Waals surface area contributed by atoms with Gasteiger partial charge in [0.05, 0.1) is 0 Å². The molecule has 0 aromatic carbocycles. The minimum atomic E-state index is 0.371. The number of thioether (sulfide) groups is 1. The first kappa shape index (κ1) is 10.6. The van der Waals surface area contributed by atoms with Crippen LogP contribution in [-0.2, 0) is 0 Å². The van der Waals surface area contributed by atoms with Gasteiger partial charge in [0, 0.05) is 36.7 Å². The van der Waals surface area contributed by atoms with Crippen LogP contribution in [0.3, 0.4) is 0 Å². The maximum Gasteiger partial charge on any atom is 0.102 e. The lowest BCUT2D eigenvalue weighted by Gasteiger charge is -2.28. The molecule has 0 spiro atoms. The van der Waals surface area contributed by atoms with Crippen LogP contribution in [0.1, 0.15) is 25.5 Å². The average molecular weight is 223 g/mol. The normalized spacial score (nSPS) is 23.8. The van der Waals surface area contributed by atoms with Crippen molar-refractivity contribution in [3.05, 3.63) is 24.0 Å². The molecular weight excluding hydrogens is 206 g/mol. The van der Waals surface area contributed by atoms with Crippen LogP contribution in [0.4, 0.5) is 0 Å². The Balaban J connectivity index is 2.16. The Hall–Kier alpha value is -0.900. The molecule has 3 nitrogen and oxygen atoms in total. The summed E-state index contributed by atoms with van der Waals surface area (Å²) in [5.74, 6) is 0.371. The van der Waals surface area contributed by atoms with Crippen LogP contribution in [0.15, 0.2) is 23.4 Å². The minimum absolute atomic E-state index is 0.371. The van der Waals surface area contributed by atoms with Crippen LogP contribution in [0.25, 0.3) is 0 Å². The molecule has 1 aliphatic rings. The number of rotatable bonds is 2. The molecule has 1 N–H and O–H groups in total. The number of hydrogen-bond acceptors (Lipinski definition) is 3. The van der Waals surface area contributed by atoms with Crippen LogP contribution < -0.4 is 0 Å². The summed E-state index contributed by atoms with van der Waals surface area (Å²) < 4.78 is 0. The van der Waals surface area contributed by atoms with Gasteiger partial charge in [0.2, 0.25) is 0 Å². The molecule has 2 atom stereocenters. The van der Waals surface area contributed by atoms with Crippen molar-refractivity contribution in [2.45, 2.75) is 25.0 Å². The van der Waals surface area contributed by atoms with Gasteiger partial charge in [-0.3, -0.25) is 5.01 Å². The van der Waals surface area contributed by atoms with Crippen LogP contribution in [0.5, 0.6) is 0 Å². The third-order valence-electron chi connectivity index (χ3n) is 2.57. The van der Waals surface area contributed by atoms with Crippen LogP contribution in [0.2, 0.25) is 0 Å². The van der Waals surface area contributed by atoms with E-state index in [1.165, 1.54) is 10.7 Å². The number of nitrogens with zero attached hydrogens (tertiary/aromatic N) is 2. The first-order valence-corrected chi connectivity index (χ1v) is 6.14. The molecule has 4 heteroatoms. The summed E-state index contributed by atoms with van der Waals surface area (Å²) >= 11 is 1.88. The summed E-state index contributed by atoms with van der Waals surface area (Å²) in [4.78, 5) is 3.25. The molecule has 0 saturated heterocycles. The van der Waals surface area contributed by atoms with Gasteiger partial charge in [0.1, 0.15) is 5.04 Å². The van der Waals surface area contributed by atoms with E-state index in [0.29, 0.717) is 11.2 Å². The monoisotopic (exact) mass is 223 g/mol. The zero-order valence-electron chi connectivity index (χ0n) is 9.40. The maximum absolute atomic E-state index is 4.58. The minimum Gasteiger partial charge on any atom is -0.364 e. The molecule has 0 aliphatic carbocycles. The second-order valence-electron chi connectivity index (χ2n) is 4.05. The van der Waals surface area contributed by atoms with Gasteiger partial charge < -0.3 is 4.98 Å². The Kier molecular flexibility index (Phi) is 3.05. The average Bonchev–Trinajstić information content (AvgIpc) is 2.67. The van der Waals surface area contributed by atoms with Crippen molar-refractivity contribution in [3.8, 4) is 0 Å². The fourth-order valence-corrected chi connectivity index (χ4v) is 3.00. The van der Waals surface area contributed by atoms with Gasteiger partial charge >= 0.3 is 0 Å². The molecule has 0 saturated carbocycles. The van der Waals surface area contributed by atoms with E-state index >= 15 is 0 Å². The van der Waals surface area contributed by atoms with Crippen molar-refractivity contribution in [2.24, 2.45) is 5.10 Å². The van der Waals surface area contributed by atoms with E-state index in [1.54, 1.807) is 0 Å². The molecule has 0 radical (unpaired) electrons. The van der Waals surface area contributed by atoms with Crippen molar-refractivity contribution in [2.75, 3.05) is 13.6 Å². The first-order valence-electron chi connectivity index (χ1n) is 5.26. The standard InChI is InChI=1S/C11H17N3S/c1-8-7-14(3)13-11(15-8)9(2)10-5-4-6-12-10/h4-6,8-9,12H,7H2,1-3H3. The van der Waals surface area contributed by atoms with Crippen molar-refractivity contribution < 1.29 is 0 Å². The molecule has 2 heterocycles. The fourth-order valence-electron chi connectivity index (χ4n) is 1.78. The predicted molar refractivity (Wildman–Crippen MR) is 66.3 cm³/mol. The molecule has 15 heavy (non-hydrogen) atoms. The summed E-state index contributed by atoms with van der Waals surface area (Å²) in [5.41, 5.74) is 1.24. The highest BCUT2D eigenvalue weighted by Crippen LogP contribution is 2.28. The fraction of sp³-hybridized carbons (Fsp3) is 0.545. The summed E-state index contributed by atoms with van der Waals surface area (Å²) in [6.45, 7) is 5.48. The Morgan fingerprint density at radius 3 is 3.07 bits per heavy atom. The molecule has 1 aliphatic heterocycles. The summed E-state index contributed by atoms with van der Waals surface area (Å²) in [6, 6.07) is 4.15. The third-order valence-corrected chi connectivity index (χ3v) is 3.80. The third kappa shape index (κ3) is 2.37. The Labute approximate surface area is 94.9 Å². The molecular formula is C11H17N3S. The second-order valence-corrected chi connectivity index (χ2v) is 5.51. The molecule has 0 fully saturated rings. The lowest BCUT2D eigenvalue weighted by Crippen LogP contribution is -2.29. The largest absolute Gasteiger partial charge is 0.364 e. The molecule has 2 rings (SSSR count). The van der Waals surface area contributed by atoms with Crippen molar-refractivity contribution in [3.63, 3.8) is 0 Å². The Morgan fingerprint density at radius 2 is 2.47 bits per heavy atom. The highest BCUT2D eigenvalue weighted by atomic mass is 32.2. The smallest absolute Gasteiger partial charge is 0.102 e. The Morgan fingerprint density at radius 1 is 1.67 bits per heavy atom. The SMILES string of the molecule is CC1CN(C)N=C(C(C)c2ccc[nH]2)S1. The van der Waals surface area contributed by atoms with Crippen LogP contribution in [-0.4, -0.2) is 33.9 Å². The van der Waals surface area contributed by atoms with Gasteiger partial charge in [-0.1, -0.05) is 13.8 Å². The lowest BCUT2D eigenvalue weighted by atomic mass is 10.1. The van der Waals surface area contributed by atoms with E-state index in [1.807, 2.05) is 36.1 Å². The molecule has 2 unspecified atom stereocenters. The number of aromatic nitrogens is 1. The first-order chi connectivity index (χ1) is 7.16. The van der Waals surface area contributed by atoms with Crippen molar-refractivity contribution in [1.29, 1.82) is 0 Å². The van der Waals surface area contributed by atoms with Gasteiger partial charge in [-0.05, 0) is 12.1 Å². The van der Waals surface area contributed by atoms with Crippen LogP contribution in [0, 0.1) is 0 Å². The van der Waals surface area contributed by atoms with Gasteiger partial charge in [-0.15, -0.1) is 11.8 Å². The zero-order valence-corrected chi connectivity index (χ0v) is 10.2. The second kappa shape index (κ2) is 4.31. The van der Waals surface area contributed by atoms with E-state index in [4.69, 9.17) is 0 Å². The highest BCUT2D eigenvalue weighted by molar-refractivity contribution is 8.14.